The number of H-pyrrole nitrogens is 1. The van der Waals surface area contributed by atoms with E-state index in [1.165, 1.54) is 6.07 Å². The number of benzene rings is 2. The van der Waals surface area contributed by atoms with Crippen molar-refractivity contribution >= 4 is 28.4 Å². The van der Waals surface area contributed by atoms with Crippen LogP contribution in [0.15, 0.2) is 36.5 Å². The molecule has 0 aliphatic heterocycles. The van der Waals surface area contributed by atoms with Gasteiger partial charge in [-0.2, -0.15) is 5.10 Å². The number of aromatic nitrogens is 2. The maximum absolute atomic E-state index is 13.3. The molecule has 0 unspecified atom stereocenters. The zero-order valence-corrected chi connectivity index (χ0v) is 15.3. The van der Waals surface area contributed by atoms with Gasteiger partial charge in [0.2, 0.25) is 0 Å². The molecule has 3 N–H and O–H groups in total. The van der Waals surface area contributed by atoms with Crippen molar-refractivity contribution in [1.29, 1.82) is 0 Å². The first-order valence-corrected chi connectivity index (χ1v) is 9.35. The Morgan fingerprint density at radius 1 is 1.21 bits per heavy atom. The molecule has 2 aliphatic rings. The summed E-state index contributed by atoms with van der Waals surface area (Å²) < 4.78 is 26.4. The number of amides is 1. The van der Waals surface area contributed by atoms with E-state index >= 15 is 0 Å². The molecular weight excluding hydrogens is 388 g/mol. The molecule has 28 heavy (non-hydrogen) atoms. The number of aromatic amines is 1. The number of aliphatic hydroxyl groups is 1. The van der Waals surface area contributed by atoms with Crippen LogP contribution in [0, 0.1) is 23.5 Å². The molecule has 4 atom stereocenters. The fourth-order valence-electron chi connectivity index (χ4n) is 4.57. The summed E-state index contributed by atoms with van der Waals surface area (Å²) in [6.07, 6.45) is 2.65. The molecule has 1 aromatic heterocycles. The second-order valence-corrected chi connectivity index (χ2v) is 8.12. The molecule has 1 amide bonds. The van der Waals surface area contributed by atoms with Gasteiger partial charge in [0.25, 0.3) is 5.91 Å². The predicted molar refractivity (Wildman–Crippen MR) is 98.8 cm³/mol. The lowest BCUT2D eigenvalue weighted by molar-refractivity contribution is 0.0293. The van der Waals surface area contributed by atoms with Crippen LogP contribution >= 0.6 is 11.6 Å². The van der Waals surface area contributed by atoms with Gasteiger partial charge in [0.15, 0.2) is 11.6 Å². The number of halogens is 3. The highest BCUT2D eigenvalue weighted by Gasteiger charge is 2.62. The minimum Gasteiger partial charge on any atom is -0.385 e. The zero-order chi connectivity index (χ0) is 19.6. The van der Waals surface area contributed by atoms with Crippen LogP contribution in [0.4, 0.5) is 8.78 Å². The topological polar surface area (TPSA) is 78.0 Å². The average Bonchev–Trinajstić information content (AvgIpc) is 3.03. The van der Waals surface area contributed by atoms with Crippen molar-refractivity contribution < 1.29 is 18.7 Å². The number of hydrogen-bond donors (Lipinski definition) is 3. The highest BCUT2D eigenvalue weighted by molar-refractivity contribution is 6.31. The Morgan fingerprint density at radius 2 is 1.96 bits per heavy atom. The number of nitrogens with one attached hydrogen (secondary N) is 2. The van der Waals surface area contributed by atoms with E-state index < -0.39 is 23.1 Å². The Hall–Kier alpha value is -2.51. The third kappa shape index (κ3) is 2.69. The lowest BCUT2D eigenvalue weighted by Gasteiger charge is -2.27. The van der Waals surface area contributed by atoms with Gasteiger partial charge in [-0.25, -0.2) is 8.78 Å². The summed E-state index contributed by atoms with van der Waals surface area (Å²) >= 11 is 6.18. The van der Waals surface area contributed by atoms with E-state index in [0.29, 0.717) is 17.9 Å². The molecule has 5 nitrogen and oxygen atoms in total. The number of fused-ring (bicyclic) bond motifs is 2. The lowest BCUT2D eigenvalue weighted by atomic mass is 9.86. The lowest BCUT2D eigenvalue weighted by Crippen LogP contribution is -2.33. The molecule has 2 saturated carbocycles. The largest absolute Gasteiger partial charge is 0.385 e. The second kappa shape index (κ2) is 5.99. The van der Waals surface area contributed by atoms with Crippen LogP contribution in [0.5, 0.6) is 0 Å². The van der Waals surface area contributed by atoms with E-state index in [-0.39, 0.29) is 23.4 Å². The molecule has 2 aromatic carbocycles. The normalized spacial score (nSPS) is 28.4. The van der Waals surface area contributed by atoms with Crippen molar-refractivity contribution in [2.24, 2.45) is 11.8 Å². The average molecular weight is 404 g/mol. The number of hydrogen-bond acceptors (Lipinski definition) is 3. The van der Waals surface area contributed by atoms with Crippen LogP contribution in [0.1, 0.15) is 28.8 Å². The Kier molecular flexibility index (Phi) is 3.76. The smallest absolute Gasteiger partial charge is 0.251 e. The third-order valence-electron chi connectivity index (χ3n) is 5.98. The maximum atomic E-state index is 13.3. The van der Waals surface area contributed by atoms with E-state index in [2.05, 4.69) is 15.5 Å². The van der Waals surface area contributed by atoms with Crippen LogP contribution in [0.3, 0.4) is 0 Å². The van der Waals surface area contributed by atoms with Gasteiger partial charge >= 0.3 is 0 Å². The van der Waals surface area contributed by atoms with E-state index in [1.807, 2.05) is 0 Å². The Morgan fingerprint density at radius 3 is 2.68 bits per heavy atom. The molecule has 2 aliphatic carbocycles. The summed E-state index contributed by atoms with van der Waals surface area (Å²) in [5.74, 6) is -2.23. The molecule has 0 bridgehead atoms. The highest BCUT2D eigenvalue weighted by atomic mass is 35.5. The number of carbonyl (C=O) groups is 1. The Labute approximate surface area is 163 Å². The first kappa shape index (κ1) is 17.6. The standard InChI is InChI=1S/C20H16ClF2N3O2/c21-10-4-14(13-8-24-26-17(13)5-10)20(28)6-11-12(7-20)18(11)25-19(27)9-1-2-15(22)16(23)3-9/h1-5,8,11-12,18,28H,6-7H2,(H,24,26)(H,25,27)/t11-,12+,18-,20+. The Bertz CT molecular complexity index is 1100. The monoisotopic (exact) mass is 403 g/mol. The summed E-state index contributed by atoms with van der Waals surface area (Å²) in [5, 5.41) is 22.3. The summed E-state index contributed by atoms with van der Waals surface area (Å²) in [5.41, 5.74) is 0.543. The van der Waals surface area contributed by atoms with E-state index in [9.17, 15) is 18.7 Å². The summed E-state index contributed by atoms with van der Waals surface area (Å²) in [6, 6.07) is 6.52. The predicted octanol–water partition coefficient (Wildman–Crippen LogP) is 3.52. The molecule has 5 rings (SSSR count). The van der Waals surface area contributed by atoms with Gasteiger partial charge in [0.05, 0.1) is 17.3 Å². The molecule has 0 radical (unpaired) electrons. The first-order valence-electron chi connectivity index (χ1n) is 8.97. The van der Waals surface area contributed by atoms with Crippen molar-refractivity contribution in [3.8, 4) is 0 Å². The van der Waals surface area contributed by atoms with Gasteiger partial charge in [-0.3, -0.25) is 9.89 Å². The molecule has 0 saturated heterocycles. The van der Waals surface area contributed by atoms with E-state index in [4.69, 9.17) is 11.6 Å². The summed E-state index contributed by atoms with van der Waals surface area (Å²) in [7, 11) is 0. The van der Waals surface area contributed by atoms with Crippen LogP contribution < -0.4 is 5.32 Å². The number of nitrogens with zero attached hydrogens (tertiary/aromatic N) is 1. The van der Waals surface area contributed by atoms with Crippen molar-refractivity contribution in [3.63, 3.8) is 0 Å². The van der Waals surface area contributed by atoms with Crippen molar-refractivity contribution in [1.82, 2.24) is 15.5 Å². The molecule has 8 heteroatoms. The number of rotatable bonds is 3. The molecule has 1 heterocycles. The fourth-order valence-corrected chi connectivity index (χ4v) is 4.79. The zero-order valence-electron chi connectivity index (χ0n) is 14.5. The van der Waals surface area contributed by atoms with E-state index in [0.717, 1.165) is 28.6 Å². The van der Waals surface area contributed by atoms with Crippen molar-refractivity contribution in [2.75, 3.05) is 0 Å². The molecule has 0 spiro atoms. The minimum absolute atomic E-state index is 0.0779. The van der Waals surface area contributed by atoms with Crippen LogP contribution in [-0.4, -0.2) is 27.3 Å². The SMILES string of the molecule is O=C(N[C@@H]1[C@@H]2C[C@@](O)(c3cc(Cl)cc4[nH]ncc34)C[C@@H]21)c1ccc(F)c(F)c1. The summed E-state index contributed by atoms with van der Waals surface area (Å²) in [4.78, 5) is 12.3. The van der Waals surface area contributed by atoms with Crippen LogP contribution in [0.25, 0.3) is 10.9 Å². The summed E-state index contributed by atoms with van der Waals surface area (Å²) in [6.45, 7) is 0. The van der Waals surface area contributed by atoms with Gasteiger partial charge in [-0.05, 0) is 60.6 Å². The van der Waals surface area contributed by atoms with Gasteiger partial charge in [-0.1, -0.05) is 11.6 Å². The highest BCUT2D eigenvalue weighted by Crippen LogP contribution is 2.60. The van der Waals surface area contributed by atoms with Gasteiger partial charge < -0.3 is 10.4 Å². The van der Waals surface area contributed by atoms with Crippen LogP contribution in [0.2, 0.25) is 5.02 Å². The second-order valence-electron chi connectivity index (χ2n) is 7.68. The molecule has 2 fully saturated rings. The van der Waals surface area contributed by atoms with Crippen molar-refractivity contribution in [3.05, 3.63) is 64.3 Å². The molecule has 3 aromatic rings. The minimum atomic E-state index is -1.05. The Balaban J connectivity index is 1.32. The quantitative estimate of drug-likeness (QED) is 0.626. The first-order chi connectivity index (χ1) is 13.4. The third-order valence-corrected chi connectivity index (χ3v) is 6.20. The van der Waals surface area contributed by atoms with Crippen molar-refractivity contribution in [2.45, 2.75) is 24.5 Å². The molecular formula is C20H16ClF2N3O2. The maximum Gasteiger partial charge on any atom is 0.251 e. The van der Waals surface area contributed by atoms with E-state index in [1.54, 1.807) is 18.3 Å². The van der Waals surface area contributed by atoms with Gasteiger partial charge in [0.1, 0.15) is 0 Å². The fraction of sp³-hybridized carbons (Fsp3) is 0.300. The number of carbonyl (C=O) groups excluding carboxylic acids is 1. The molecule has 144 valence electrons. The van der Waals surface area contributed by atoms with Gasteiger partial charge in [0, 0.05) is 22.0 Å². The van der Waals surface area contributed by atoms with Crippen LogP contribution in [-0.2, 0) is 5.60 Å². The van der Waals surface area contributed by atoms with Gasteiger partial charge in [-0.15, -0.1) is 0 Å².